The molecule has 33 heavy (non-hydrogen) atoms. The molecule has 1 aliphatic rings. The lowest BCUT2D eigenvalue weighted by Crippen LogP contribution is -2.32. The van der Waals surface area contributed by atoms with E-state index in [-0.39, 0.29) is 12.0 Å². The number of carbonyl (C=O) groups excluding carboxylic acids is 1. The summed E-state index contributed by atoms with van der Waals surface area (Å²) in [6.45, 7) is 4.01. The van der Waals surface area contributed by atoms with Gasteiger partial charge in [0, 0.05) is 42.0 Å². The number of carbonyl (C=O) groups is 2. The van der Waals surface area contributed by atoms with Crippen molar-refractivity contribution in [3.05, 3.63) is 70.4 Å². The van der Waals surface area contributed by atoms with Gasteiger partial charge in [-0.25, -0.2) is 4.79 Å². The number of alkyl halides is 3. The molecule has 11 heteroatoms. The number of hydrogen-bond acceptors (Lipinski definition) is 5. The smallest absolute Gasteiger partial charge is 0.488 e. The molecule has 0 radical (unpaired) electrons. The summed E-state index contributed by atoms with van der Waals surface area (Å²) in [4.78, 5) is 29.2. The molecule has 0 saturated carbocycles. The van der Waals surface area contributed by atoms with Crippen LogP contribution in [0.3, 0.4) is 0 Å². The van der Waals surface area contributed by atoms with E-state index < -0.39 is 12.1 Å². The number of pyridine rings is 1. The van der Waals surface area contributed by atoms with E-state index in [4.69, 9.17) is 14.6 Å². The zero-order chi connectivity index (χ0) is 24.0. The van der Waals surface area contributed by atoms with Crippen molar-refractivity contribution in [3.63, 3.8) is 0 Å². The average Bonchev–Trinajstić information content (AvgIpc) is 3.50. The van der Waals surface area contributed by atoms with Crippen molar-refractivity contribution in [2.75, 3.05) is 13.1 Å². The van der Waals surface area contributed by atoms with Crippen molar-refractivity contribution in [3.8, 4) is 5.75 Å². The third-order valence-electron chi connectivity index (χ3n) is 4.80. The van der Waals surface area contributed by atoms with Crippen LogP contribution in [0.1, 0.15) is 27.5 Å². The predicted octanol–water partition coefficient (Wildman–Crippen LogP) is 4.23. The second kappa shape index (κ2) is 10.5. The first kappa shape index (κ1) is 24.3. The maximum atomic E-state index is 13.0. The summed E-state index contributed by atoms with van der Waals surface area (Å²) < 4.78 is 39.8. The fourth-order valence-electron chi connectivity index (χ4n) is 3.27. The molecular weight excluding hydrogens is 459 g/mol. The molecule has 0 aliphatic carbocycles. The van der Waals surface area contributed by atoms with Crippen LogP contribution in [0.5, 0.6) is 5.75 Å². The van der Waals surface area contributed by atoms with Crippen LogP contribution in [0.25, 0.3) is 0 Å². The van der Waals surface area contributed by atoms with Gasteiger partial charge in [0.15, 0.2) is 0 Å². The molecule has 1 amide bonds. The van der Waals surface area contributed by atoms with E-state index in [0.29, 0.717) is 6.54 Å². The highest BCUT2D eigenvalue weighted by molar-refractivity contribution is 7.09. The number of thiophene rings is 1. The van der Waals surface area contributed by atoms with Gasteiger partial charge < -0.3 is 19.3 Å². The largest absolute Gasteiger partial charge is 0.490 e. The number of aliphatic carboxylic acids is 1. The Morgan fingerprint density at radius 1 is 1.27 bits per heavy atom. The molecule has 7 nitrogen and oxygen atoms in total. The summed E-state index contributed by atoms with van der Waals surface area (Å²) in [7, 11) is 0. The Labute approximate surface area is 192 Å². The number of hydrogen-bond donors (Lipinski definition) is 1. The molecule has 1 aliphatic heterocycles. The quantitative estimate of drug-likeness (QED) is 0.590. The highest BCUT2D eigenvalue weighted by atomic mass is 32.1. The summed E-state index contributed by atoms with van der Waals surface area (Å²) in [5, 5.41) is 9.18. The molecule has 4 rings (SSSR count). The van der Waals surface area contributed by atoms with Gasteiger partial charge in [0.25, 0.3) is 5.91 Å². The summed E-state index contributed by atoms with van der Waals surface area (Å²) in [6, 6.07) is 11.8. The van der Waals surface area contributed by atoms with Crippen LogP contribution in [0.15, 0.2) is 54.2 Å². The van der Waals surface area contributed by atoms with Crippen molar-refractivity contribution in [2.24, 2.45) is 0 Å². The van der Waals surface area contributed by atoms with Crippen molar-refractivity contribution < 1.29 is 32.6 Å². The van der Waals surface area contributed by atoms with Gasteiger partial charge in [-0.1, -0.05) is 6.07 Å². The minimum atomic E-state index is -5.08. The maximum Gasteiger partial charge on any atom is 0.490 e. The highest BCUT2D eigenvalue weighted by Gasteiger charge is 2.38. The molecule has 4 heterocycles. The highest BCUT2D eigenvalue weighted by Crippen LogP contribution is 2.21. The fraction of sp³-hybridized carbons (Fsp3) is 0.318. The van der Waals surface area contributed by atoms with Gasteiger partial charge in [0.1, 0.15) is 17.5 Å². The molecule has 3 aromatic rings. The lowest BCUT2D eigenvalue weighted by Gasteiger charge is -2.18. The Morgan fingerprint density at radius 3 is 2.67 bits per heavy atom. The summed E-state index contributed by atoms with van der Waals surface area (Å²) in [5.41, 5.74) is 1.67. The lowest BCUT2D eigenvalue weighted by atomic mass is 10.3. The molecule has 0 aromatic carbocycles. The molecule has 3 aromatic heterocycles. The SMILES string of the molecule is Cc1cc(OC2CCN(C(=O)c3cccn3Cc3cccs3)C2)ccn1.O=C(O)C(F)(F)F. The summed E-state index contributed by atoms with van der Waals surface area (Å²) in [6.07, 6.45) is -0.489. The van der Waals surface area contributed by atoms with E-state index in [0.717, 1.165) is 36.6 Å². The van der Waals surface area contributed by atoms with Gasteiger partial charge in [-0.2, -0.15) is 13.2 Å². The number of likely N-dealkylation sites (tertiary alicyclic amines) is 1. The van der Waals surface area contributed by atoms with Crippen molar-refractivity contribution >= 4 is 23.2 Å². The van der Waals surface area contributed by atoms with Gasteiger partial charge in [-0.15, -0.1) is 11.3 Å². The Hall–Kier alpha value is -3.34. The molecule has 1 fully saturated rings. The third-order valence-corrected chi connectivity index (χ3v) is 5.66. The summed E-state index contributed by atoms with van der Waals surface area (Å²) in [5.74, 6) is -1.87. The first-order valence-electron chi connectivity index (χ1n) is 9.99. The number of carboxylic acid groups (broad SMARTS) is 1. The second-order valence-corrected chi connectivity index (χ2v) is 8.35. The van der Waals surface area contributed by atoms with Gasteiger partial charge in [0.2, 0.25) is 0 Å². The lowest BCUT2D eigenvalue weighted by molar-refractivity contribution is -0.192. The van der Waals surface area contributed by atoms with E-state index in [1.807, 2.05) is 52.9 Å². The van der Waals surface area contributed by atoms with Crippen molar-refractivity contribution in [1.29, 1.82) is 0 Å². The second-order valence-electron chi connectivity index (χ2n) is 7.32. The number of nitrogens with zero attached hydrogens (tertiary/aromatic N) is 3. The number of aromatic nitrogens is 2. The van der Waals surface area contributed by atoms with Crippen LogP contribution in [0.2, 0.25) is 0 Å². The maximum absolute atomic E-state index is 13.0. The molecule has 176 valence electrons. The van der Waals surface area contributed by atoms with Crippen LogP contribution in [0.4, 0.5) is 13.2 Å². The monoisotopic (exact) mass is 481 g/mol. The minimum absolute atomic E-state index is 0.0291. The van der Waals surface area contributed by atoms with Crippen LogP contribution < -0.4 is 4.74 Å². The zero-order valence-corrected chi connectivity index (χ0v) is 18.5. The predicted molar refractivity (Wildman–Crippen MR) is 115 cm³/mol. The third kappa shape index (κ3) is 6.82. The molecule has 0 spiro atoms. The van der Waals surface area contributed by atoms with Crippen LogP contribution in [-0.2, 0) is 11.3 Å². The number of aryl methyl sites for hydroxylation is 1. The van der Waals surface area contributed by atoms with Crippen molar-refractivity contribution in [2.45, 2.75) is 32.2 Å². The fourth-order valence-corrected chi connectivity index (χ4v) is 3.98. The Balaban J connectivity index is 0.000000383. The van der Waals surface area contributed by atoms with E-state index in [1.165, 1.54) is 4.88 Å². The van der Waals surface area contributed by atoms with Gasteiger partial charge in [-0.3, -0.25) is 9.78 Å². The minimum Gasteiger partial charge on any atom is -0.488 e. The van der Waals surface area contributed by atoms with Crippen LogP contribution >= 0.6 is 11.3 Å². The van der Waals surface area contributed by atoms with Crippen LogP contribution in [0, 0.1) is 6.92 Å². The number of ether oxygens (including phenoxy) is 1. The first-order valence-corrected chi connectivity index (χ1v) is 10.9. The molecule has 0 bridgehead atoms. The molecular formula is C22H22F3N3O4S. The number of halogens is 3. The molecule has 1 N–H and O–H groups in total. The van der Waals surface area contributed by atoms with E-state index in [2.05, 4.69) is 16.4 Å². The number of rotatable bonds is 5. The molecule has 1 atom stereocenters. The Bertz CT molecular complexity index is 1080. The average molecular weight is 481 g/mol. The van der Waals surface area contributed by atoms with Crippen molar-refractivity contribution in [1.82, 2.24) is 14.5 Å². The van der Waals surface area contributed by atoms with Gasteiger partial charge in [-0.05, 0) is 36.6 Å². The molecule has 1 saturated heterocycles. The Morgan fingerprint density at radius 2 is 2.03 bits per heavy atom. The van der Waals surface area contributed by atoms with E-state index in [9.17, 15) is 18.0 Å². The standard InChI is InChI=1S/C20H21N3O2S.C2HF3O2/c1-15-12-16(6-8-21-15)25-17-7-10-23(13-17)20(24)19-5-2-9-22(19)14-18-4-3-11-26-18;3-2(4,5)1(6)7/h2-6,8-9,11-12,17H,7,10,13-14H2,1H3;(H,6,7). The van der Waals surface area contributed by atoms with Gasteiger partial charge in [0.05, 0.1) is 13.1 Å². The van der Waals surface area contributed by atoms with E-state index >= 15 is 0 Å². The summed E-state index contributed by atoms with van der Waals surface area (Å²) >= 11 is 1.71. The first-order chi connectivity index (χ1) is 15.6. The Kier molecular flexibility index (Phi) is 7.75. The molecule has 1 unspecified atom stereocenters. The number of amides is 1. The van der Waals surface area contributed by atoms with E-state index in [1.54, 1.807) is 17.5 Å². The zero-order valence-electron chi connectivity index (χ0n) is 17.7. The topological polar surface area (TPSA) is 84.7 Å². The normalized spacial score (nSPS) is 15.6. The van der Waals surface area contributed by atoms with Gasteiger partial charge >= 0.3 is 12.1 Å². The van der Waals surface area contributed by atoms with Crippen LogP contribution in [-0.4, -0.2) is 56.8 Å². The number of carboxylic acids is 1.